The fraction of sp³-hybridized carbons (Fsp3) is 0.0909. The Balaban J connectivity index is 0.000000494. The molecule has 0 aromatic carbocycles. The number of carbonyl (C=O) groups is 1. The Morgan fingerprint density at radius 3 is 2.67 bits per heavy atom. The molecule has 0 atom stereocenters. The Kier molecular flexibility index (Phi) is 8.38. The van der Waals surface area contributed by atoms with Gasteiger partial charge in [0.15, 0.2) is 12.4 Å². The molecule has 0 unspecified atom stereocenters. The number of carboxylic acids is 1. The molecule has 0 spiro atoms. The van der Waals surface area contributed by atoms with E-state index in [0.29, 0.717) is 6.33 Å². The predicted octanol–water partition coefficient (Wildman–Crippen LogP) is 3.10. The third-order valence-corrected chi connectivity index (χ3v) is 1.89. The van der Waals surface area contributed by atoms with Crippen molar-refractivity contribution >= 4 is 21.9 Å². The largest absolute Gasteiger partial charge is 0.479 e. The summed E-state index contributed by atoms with van der Waals surface area (Å²) >= 11 is 2.84. The minimum Gasteiger partial charge on any atom is -0.479 e. The standard InChI is InChI=1S/C7H5BrFNO3.C4H5F/c8-7-4(9)1-2-5(10-7)13-3-6(11)12;1-2-3-4-5/h1-2H,3H2,(H,11,12);2-4H,1H2/b;4-3+. The second-order valence-corrected chi connectivity index (χ2v) is 3.41. The first-order valence-corrected chi connectivity index (χ1v) is 5.35. The van der Waals surface area contributed by atoms with Gasteiger partial charge in [-0.25, -0.2) is 18.6 Å². The molecule has 1 N–H and O–H groups in total. The lowest BCUT2D eigenvalue weighted by Crippen LogP contribution is -2.10. The smallest absolute Gasteiger partial charge is 0.341 e. The lowest BCUT2D eigenvalue weighted by atomic mass is 10.5. The third kappa shape index (κ3) is 7.50. The van der Waals surface area contributed by atoms with Crippen LogP contribution in [-0.4, -0.2) is 22.7 Å². The maximum atomic E-state index is 12.6. The van der Waals surface area contributed by atoms with Gasteiger partial charge < -0.3 is 9.84 Å². The third-order valence-electron chi connectivity index (χ3n) is 1.33. The minimum absolute atomic E-state index is 0.00427. The maximum absolute atomic E-state index is 12.6. The van der Waals surface area contributed by atoms with Crippen LogP contribution in [0.3, 0.4) is 0 Å². The fourth-order valence-corrected chi connectivity index (χ4v) is 0.975. The molecule has 18 heavy (non-hydrogen) atoms. The molecule has 0 saturated carbocycles. The van der Waals surface area contributed by atoms with Crippen molar-refractivity contribution in [3.05, 3.63) is 47.6 Å². The summed E-state index contributed by atoms with van der Waals surface area (Å²) in [6.07, 6.45) is 3.03. The summed E-state index contributed by atoms with van der Waals surface area (Å²) in [6, 6.07) is 2.39. The molecule has 1 aromatic rings. The SMILES string of the molecule is C=C/C=C/F.O=C(O)COc1ccc(F)c(Br)n1. The highest BCUT2D eigenvalue weighted by Crippen LogP contribution is 2.16. The molecule has 0 fully saturated rings. The summed E-state index contributed by atoms with van der Waals surface area (Å²) in [4.78, 5) is 13.7. The molecule has 1 heterocycles. The number of nitrogens with zero attached hydrogens (tertiary/aromatic N) is 1. The quantitative estimate of drug-likeness (QED) is 0.683. The minimum atomic E-state index is -1.11. The number of halogens is 3. The van der Waals surface area contributed by atoms with E-state index in [1.165, 1.54) is 18.2 Å². The average molecular weight is 322 g/mol. The Morgan fingerprint density at radius 2 is 2.28 bits per heavy atom. The van der Waals surface area contributed by atoms with Gasteiger partial charge >= 0.3 is 5.97 Å². The van der Waals surface area contributed by atoms with Gasteiger partial charge in [-0.3, -0.25) is 0 Å². The average Bonchev–Trinajstić information content (AvgIpc) is 2.32. The first kappa shape index (κ1) is 16.2. The Bertz CT molecular complexity index is 438. The van der Waals surface area contributed by atoms with Crippen LogP contribution in [0.2, 0.25) is 0 Å². The number of aromatic nitrogens is 1. The van der Waals surface area contributed by atoms with Crippen LogP contribution in [0.15, 0.2) is 41.8 Å². The number of aliphatic carboxylic acids is 1. The summed E-state index contributed by atoms with van der Waals surface area (Å²) < 4.78 is 28.0. The summed E-state index contributed by atoms with van der Waals surface area (Å²) in [5.74, 6) is -1.57. The Morgan fingerprint density at radius 1 is 1.61 bits per heavy atom. The number of ether oxygens (including phenoxy) is 1. The molecular formula is C11H10BrF2NO3. The first-order chi connectivity index (χ1) is 8.51. The Hall–Kier alpha value is -1.76. The van der Waals surface area contributed by atoms with E-state index in [2.05, 4.69) is 27.5 Å². The van der Waals surface area contributed by atoms with Gasteiger partial charge in [0.1, 0.15) is 4.60 Å². The van der Waals surface area contributed by atoms with Gasteiger partial charge in [0.25, 0.3) is 0 Å². The number of allylic oxidation sites excluding steroid dienone is 2. The summed E-state index contributed by atoms with van der Waals surface area (Å²) in [6.45, 7) is 2.73. The van der Waals surface area contributed by atoms with Crippen molar-refractivity contribution in [1.29, 1.82) is 0 Å². The van der Waals surface area contributed by atoms with Crippen molar-refractivity contribution in [2.45, 2.75) is 0 Å². The lowest BCUT2D eigenvalue weighted by molar-refractivity contribution is -0.139. The topological polar surface area (TPSA) is 59.4 Å². The van der Waals surface area contributed by atoms with Crippen LogP contribution in [0.1, 0.15) is 0 Å². The predicted molar refractivity (Wildman–Crippen MR) is 65.5 cm³/mol. The molecule has 0 amide bonds. The molecular weight excluding hydrogens is 312 g/mol. The summed E-state index contributed by atoms with van der Waals surface area (Å²) in [5.41, 5.74) is 0. The summed E-state index contributed by atoms with van der Waals surface area (Å²) in [5, 5.41) is 8.26. The van der Waals surface area contributed by atoms with Crippen molar-refractivity contribution in [2.24, 2.45) is 0 Å². The first-order valence-electron chi connectivity index (χ1n) is 4.55. The molecule has 0 aliphatic carbocycles. The fourth-order valence-electron chi connectivity index (χ4n) is 0.668. The summed E-state index contributed by atoms with van der Waals surface area (Å²) in [7, 11) is 0. The second-order valence-electron chi connectivity index (χ2n) is 2.66. The Labute approximate surface area is 111 Å². The lowest BCUT2D eigenvalue weighted by Gasteiger charge is -2.01. The van der Waals surface area contributed by atoms with Crippen LogP contribution >= 0.6 is 15.9 Å². The van der Waals surface area contributed by atoms with Crippen LogP contribution in [0, 0.1) is 5.82 Å². The molecule has 0 aliphatic rings. The number of rotatable bonds is 4. The van der Waals surface area contributed by atoms with Crippen molar-refractivity contribution in [3.8, 4) is 5.88 Å². The van der Waals surface area contributed by atoms with E-state index in [9.17, 15) is 13.6 Å². The molecule has 0 radical (unpaired) electrons. The van der Waals surface area contributed by atoms with Crippen LogP contribution in [0.4, 0.5) is 8.78 Å². The number of hydrogen-bond donors (Lipinski definition) is 1. The van der Waals surface area contributed by atoms with Crippen LogP contribution < -0.4 is 4.74 Å². The number of carboxylic acid groups (broad SMARTS) is 1. The molecule has 1 aromatic heterocycles. The van der Waals surface area contributed by atoms with Gasteiger partial charge in [-0.05, 0) is 28.1 Å². The molecule has 0 aliphatic heterocycles. The van der Waals surface area contributed by atoms with Gasteiger partial charge in [-0.15, -0.1) is 0 Å². The van der Waals surface area contributed by atoms with Crippen LogP contribution in [-0.2, 0) is 4.79 Å². The monoisotopic (exact) mass is 321 g/mol. The highest BCUT2D eigenvalue weighted by atomic mass is 79.9. The van der Waals surface area contributed by atoms with Crippen molar-refractivity contribution < 1.29 is 23.4 Å². The van der Waals surface area contributed by atoms with E-state index in [-0.39, 0.29) is 10.5 Å². The van der Waals surface area contributed by atoms with E-state index in [0.717, 1.165) is 6.07 Å². The van der Waals surface area contributed by atoms with Crippen LogP contribution in [0.5, 0.6) is 5.88 Å². The normalized spacial score (nSPS) is 9.50. The zero-order chi connectivity index (χ0) is 14.0. The molecule has 1 rings (SSSR count). The van der Waals surface area contributed by atoms with Gasteiger partial charge in [0.2, 0.25) is 5.88 Å². The van der Waals surface area contributed by atoms with E-state index in [1.54, 1.807) is 0 Å². The molecule has 7 heteroatoms. The molecule has 0 bridgehead atoms. The highest BCUT2D eigenvalue weighted by molar-refractivity contribution is 9.10. The van der Waals surface area contributed by atoms with Crippen molar-refractivity contribution in [3.63, 3.8) is 0 Å². The van der Waals surface area contributed by atoms with Gasteiger partial charge in [-0.2, -0.15) is 0 Å². The van der Waals surface area contributed by atoms with Crippen molar-refractivity contribution in [1.82, 2.24) is 4.98 Å². The molecule has 4 nitrogen and oxygen atoms in total. The second kappa shape index (κ2) is 9.29. The zero-order valence-corrected chi connectivity index (χ0v) is 10.7. The number of pyridine rings is 1. The van der Waals surface area contributed by atoms with Gasteiger partial charge in [0.05, 0.1) is 6.33 Å². The van der Waals surface area contributed by atoms with E-state index < -0.39 is 18.4 Å². The van der Waals surface area contributed by atoms with E-state index in [1.807, 2.05) is 0 Å². The number of hydrogen-bond acceptors (Lipinski definition) is 3. The van der Waals surface area contributed by atoms with Crippen molar-refractivity contribution in [2.75, 3.05) is 6.61 Å². The van der Waals surface area contributed by atoms with Crippen LogP contribution in [0.25, 0.3) is 0 Å². The van der Waals surface area contributed by atoms with E-state index >= 15 is 0 Å². The maximum Gasteiger partial charge on any atom is 0.341 e. The van der Waals surface area contributed by atoms with Gasteiger partial charge in [0, 0.05) is 6.07 Å². The van der Waals surface area contributed by atoms with E-state index in [4.69, 9.17) is 9.84 Å². The highest BCUT2D eigenvalue weighted by Gasteiger charge is 2.04. The van der Waals surface area contributed by atoms with Gasteiger partial charge in [-0.1, -0.05) is 12.7 Å². The zero-order valence-electron chi connectivity index (χ0n) is 9.15. The molecule has 98 valence electrons. The molecule has 0 saturated heterocycles.